The lowest BCUT2D eigenvalue weighted by atomic mass is 10.3. The van der Waals surface area contributed by atoms with Gasteiger partial charge in [0.15, 0.2) is 0 Å². The molecule has 0 amide bonds. The van der Waals surface area contributed by atoms with Crippen LogP contribution < -0.4 is 10.1 Å². The third-order valence-corrected chi connectivity index (χ3v) is 3.46. The summed E-state index contributed by atoms with van der Waals surface area (Å²) in [6.07, 6.45) is 4.44. The van der Waals surface area contributed by atoms with Crippen LogP contribution in [0, 0.1) is 6.92 Å². The van der Waals surface area contributed by atoms with Gasteiger partial charge in [-0.15, -0.1) is 0 Å². The SMILES string of the molecule is COc1cc(-n2cc(C)nc2NC2CC2)ccc1Cl. The number of benzene rings is 1. The summed E-state index contributed by atoms with van der Waals surface area (Å²) in [4.78, 5) is 4.52. The fourth-order valence-corrected chi connectivity index (χ4v) is 2.20. The highest BCUT2D eigenvalue weighted by Gasteiger charge is 2.23. The van der Waals surface area contributed by atoms with Crippen molar-refractivity contribution in [2.24, 2.45) is 0 Å². The highest BCUT2D eigenvalue weighted by atomic mass is 35.5. The molecule has 1 aliphatic carbocycles. The molecule has 1 saturated carbocycles. The first-order chi connectivity index (χ1) is 9.17. The number of hydrogen-bond acceptors (Lipinski definition) is 3. The van der Waals surface area contributed by atoms with Gasteiger partial charge in [0.2, 0.25) is 5.95 Å². The largest absolute Gasteiger partial charge is 0.495 e. The number of aromatic nitrogens is 2. The molecule has 1 N–H and O–H groups in total. The van der Waals surface area contributed by atoms with E-state index in [-0.39, 0.29) is 0 Å². The molecule has 1 aromatic heterocycles. The molecule has 100 valence electrons. The van der Waals surface area contributed by atoms with Crippen molar-refractivity contribution >= 4 is 17.5 Å². The molecule has 0 unspecified atom stereocenters. The first-order valence-electron chi connectivity index (χ1n) is 6.34. The maximum absolute atomic E-state index is 6.06. The minimum absolute atomic E-state index is 0.565. The van der Waals surface area contributed by atoms with E-state index >= 15 is 0 Å². The van der Waals surface area contributed by atoms with Crippen molar-refractivity contribution < 1.29 is 4.74 Å². The standard InChI is InChI=1S/C14H16ClN3O/c1-9-8-18(14(16-9)17-10-3-4-10)11-5-6-12(15)13(7-11)19-2/h5-8,10H,3-4H2,1-2H3,(H,16,17). The van der Waals surface area contributed by atoms with Crippen molar-refractivity contribution in [2.75, 3.05) is 12.4 Å². The van der Waals surface area contributed by atoms with Crippen LogP contribution in [0.4, 0.5) is 5.95 Å². The van der Waals surface area contributed by atoms with E-state index in [4.69, 9.17) is 16.3 Å². The van der Waals surface area contributed by atoms with Gasteiger partial charge in [0.1, 0.15) is 5.75 Å². The second-order valence-corrected chi connectivity index (χ2v) is 5.22. The van der Waals surface area contributed by atoms with Crippen LogP contribution in [-0.2, 0) is 0 Å². The van der Waals surface area contributed by atoms with Crippen molar-refractivity contribution in [3.63, 3.8) is 0 Å². The molecule has 19 heavy (non-hydrogen) atoms. The molecule has 0 aliphatic heterocycles. The van der Waals surface area contributed by atoms with Crippen LogP contribution in [0.3, 0.4) is 0 Å². The quantitative estimate of drug-likeness (QED) is 0.931. The summed E-state index contributed by atoms with van der Waals surface area (Å²) in [6.45, 7) is 1.99. The number of ether oxygens (including phenoxy) is 1. The van der Waals surface area contributed by atoms with Crippen molar-refractivity contribution in [3.8, 4) is 11.4 Å². The average molecular weight is 278 g/mol. The lowest BCUT2D eigenvalue weighted by Crippen LogP contribution is -2.07. The number of anilines is 1. The molecule has 1 aliphatic rings. The lowest BCUT2D eigenvalue weighted by molar-refractivity contribution is 0.415. The van der Waals surface area contributed by atoms with E-state index in [0.29, 0.717) is 16.8 Å². The molecule has 3 rings (SSSR count). The zero-order chi connectivity index (χ0) is 13.4. The van der Waals surface area contributed by atoms with Gasteiger partial charge in [-0.3, -0.25) is 4.57 Å². The number of imidazole rings is 1. The van der Waals surface area contributed by atoms with Crippen molar-refractivity contribution in [3.05, 3.63) is 35.1 Å². The molecule has 1 aromatic carbocycles. The molecule has 0 spiro atoms. The normalized spacial score (nSPS) is 14.5. The highest BCUT2D eigenvalue weighted by molar-refractivity contribution is 6.32. The van der Waals surface area contributed by atoms with Gasteiger partial charge >= 0.3 is 0 Å². The molecule has 4 nitrogen and oxygen atoms in total. The van der Waals surface area contributed by atoms with Gasteiger partial charge in [0.05, 0.1) is 23.5 Å². The Morgan fingerprint density at radius 1 is 1.42 bits per heavy atom. The third kappa shape index (κ3) is 2.54. The number of nitrogens with zero attached hydrogens (tertiary/aromatic N) is 2. The predicted molar refractivity (Wildman–Crippen MR) is 76.5 cm³/mol. The number of halogens is 1. The number of aryl methyl sites for hydroxylation is 1. The van der Waals surface area contributed by atoms with Gasteiger partial charge in [0.25, 0.3) is 0 Å². The Labute approximate surface area is 117 Å². The highest BCUT2D eigenvalue weighted by Crippen LogP contribution is 2.30. The summed E-state index contributed by atoms with van der Waals surface area (Å²) in [5.74, 6) is 1.55. The monoisotopic (exact) mass is 277 g/mol. The molecule has 2 aromatic rings. The zero-order valence-corrected chi connectivity index (χ0v) is 11.7. The lowest BCUT2D eigenvalue weighted by Gasteiger charge is -2.11. The van der Waals surface area contributed by atoms with E-state index in [2.05, 4.69) is 10.3 Å². The van der Waals surface area contributed by atoms with Crippen LogP contribution >= 0.6 is 11.6 Å². The summed E-state index contributed by atoms with van der Waals surface area (Å²) >= 11 is 6.06. The maximum Gasteiger partial charge on any atom is 0.207 e. The fourth-order valence-electron chi connectivity index (χ4n) is 2.00. The van der Waals surface area contributed by atoms with Crippen molar-refractivity contribution in [1.29, 1.82) is 0 Å². The van der Waals surface area contributed by atoms with E-state index in [1.165, 1.54) is 12.8 Å². The van der Waals surface area contributed by atoms with Gasteiger partial charge < -0.3 is 10.1 Å². The fraction of sp³-hybridized carbons (Fsp3) is 0.357. The molecule has 0 saturated heterocycles. The van der Waals surface area contributed by atoms with Crippen LogP contribution in [-0.4, -0.2) is 22.7 Å². The Morgan fingerprint density at radius 2 is 2.21 bits per heavy atom. The first-order valence-corrected chi connectivity index (χ1v) is 6.71. The smallest absolute Gasteiger partial charge is 0.207 e. The van der Waals surface area contributed by atoms with E-state index in [1.54, 1.807) is 7.11 Å². The Kier molecular flexibility index (Phi) is 3.11. The molecule has 5 heteroatoms. The van der Waals surface area contributed by atoms with Crippen molar-refractivity contribution in [2.45, 2.75) is 25.8 Å². The second-order valence-electron chi connectivity index (χ2n) is 4.81. The summed E-state index contributed by atoms with van der Waals surface area (Å²) in [7, 11) is 1.62. The van der Waals surface area contributed by atoms with Crippen LogP contribution in [0.1, 0.15) is 18.5 Å². The molecular formula is C14H16ClN3O. The summed E-state index contributed by atoms with van der Waals surface area (Å²) < 4.78 is 7.30. The Bertz CT molecular complexity index is 605. The minimum atomic E-state index is 0.565. The van der Waals surface area contributed by atoms with Gasteiger partial charge in [-0.05, 0) is 31.9 Å². The van der Waals surface area contributed by atoms with Crippen LogP contribution in [0.5, 0.6) is 5.75 Å². The zero-order valence-electron chi connectivity index (χ0n) is 11.0. The van der Waals surface area contributed by atoms with Gasteiger partial charge in [0, 0.05) is 18.3 Å². The molecule has 0 atom stereocenters. The van der Waals surface area contributed by atoms with Gasteiger partial charge in [-0.1, -0.05) is 11.6 Å². The number of methoxy groups -OCH3 is 1. The molecule has 0 radical (unpaired) electrons. The van der Waals surface area contributed by atoms with Crippen LogP contribution in [0.15, 0.2) is 24.4 Å². The van der Waals surface area contributed by atoms with E-state index < -0.39 is 0 Å². The van der Waals surface area contributed by atoms with E-state index in [0.717, 1.165) is 17.3 Å². The van der Waals surface area contributed by atoms with E-state index in [1.807, 2.05) is 35.9 Å². The Morgan fingerprint density at radius 3 is 2.89 bits per heavy atom. The maximum atomic E-state index is 6.06. The second kappa shape index (κ2) is 4.78. The number of hydrogen-bond donors (Lipinski definition) is 1. The van der Waals surface area contributed by atoms with Crippen LogP contribution in [0.2, 0.25) is 5.02 Å². The summed E-state index contributed by atoms with van der Waals surface area (Å²) in [6, 6.07) is 6.28. The molecule has 0 bridgehead atoms. The molecular weight excluding hydrogens is 262 g/mol. The Balaban J connectivity index is 2.00. The summed E-state index contributed by atoms with van der Waals surface area (Å²) in [5.41, 5.74) is 1.97. The Hall–Kier alpha value is -1.68. The van der Waals surface area contributed by atoms with Gasteiger partial charge in [-0.2, -0.15) is 0 Å². The molecule has 1 fully saturated rings. The third-order valence-electron chi connectivity index (χ3n) is 3.15. The van der Waals surface area contributed by atoms with Crippen LogP contribution in [0.25, 0.3) is 5.69 Å². The first kappa shape index (κ1) is 12.4. The van der Waals surface area contributed by atoms with Gasteiger partial charge in [-0.25, -0.2) is 4.98 Å². The predicted octanol–water partition coefficient (Wildman–Crippen LogP) is 3.42. The summed E-state index contributed by atoms with van der Waals surface area (Å²) in [5, 5.41) is 4.04. The number of nitrogens with one attached hydrogen (secondary N) is 1. The van der Waals surface area contributed by atoms with Crippen molar-refractivity contribution in [1.82, 2.24) is 9.55 Å². The average Bonchev–Trinajstić information content (AvgIpc) is 3.13. The topological polar surface area (TPSA) is 39.1 Å². The van der Waals surface area contributed by atoms with E-state index in [9.17, 15) is 0 Å². The minimum Gasteiger partial charge on any atom is -0.495 e. The number of rotatable bonds is 4. The molecule has 1 heterocycles.